The molecule has 132 valence electrons. The molecule has 7 nitrogen and oxygen atoms in total. The summed E-state index contributed by atoms with van der Waals surface area (Å²) < 4.78 is 5.26. The number of carbonyl (C=O) groups excluding carboxylic acids is 2. The topological polar surface area (TPSA) is 96.3 Å². The van der Waals surface area contributed by atoms with Crippen LogP contribution in [0.25, 0.3) is 0 Å². The van der Waals surface area contributed by atoms with Crippen LogP contribution >= 0.6 is 0 Å². The van der Waals surface area contributed by atoms with Crippen molar-refractivity contribution in [2.24, 2.45) is 0 Å². The van der Waals surface area contributed by atoms with Gasteiger partial charge < -0.3 is 20.4 Å². The van der Waals surface area contributed by atoms with Gasteiger partial charge in [-0.25, -0.2) is 0 Å². The van der Waals surface area contributed by atoms with Gasteiger partial charge in [-0.3, -0.25) is 14.6 Å². The number of nitrogens with zero attached hydrogens (tertiary/aromatic N) is 1. The van der Waals surface area contributed by atoms with E-state index < -0.39 is 0 Å². The minimum absolute atomic E-state index is 0.147. The Labute approximate surface area is 150 Å². The number of hydrogen-bond acceptors (Lipinski definition) is 5. The highest BCUT2D eigenvalue weighted by molar-refractivity contribution is 6.04. The molecule has 0 saturated carbocycles. The highest BCUT2D eigenvalue weighted by atomic mass is 16.3. The number of amides is 2. The molecule has 0 unspecified atom stereocenters. The van der Waals surface area contributed by atoms with E-state index >= 15 is 0 Å². The summed E-state index contributed by atoms with van der Waals surface area (Å²) in [4.78, 5) is 27.5. The maximum absolute atomic E-state index is 12.4. The normalized spacial score (nSPS) is 10.2. The molecule has 0 aliphatic rings. The predicted molar refractivity (Wildman–Crippen MR) is 99.0 cm³/mol. The summed E-state index contributed by atoms with van der Waals surface area (Å²) in [7, 11) is 0. The van der Waals surface area contributed by atoms with E-state index in [1.165, 1.54) is 13.1 Å². The molecule has 1 aromatic carbocycles. The number of anilines is 3. The first-order chi connectivity index (χ1) is 12.6. The van der Waals surface area contributed by atoms with E-state index in [0.717, 1.165) is 11.4 Å². The van der Waals surface area contributed by atoms with Gasteiger partial charge in [0, 0.05) is 30.7 Å². The van der Waals surface area contributed by atoms with Crippen molar-refractivity contribution in [3.8, 4) is 0 Å². The minimum Gasteiger partial charge on any atom is -0.467 e. The first kappa shape index (κ1) is 17.2. The highest BCUT2D eigenvalue weighted by Crippen LogP contribution is 2.16. The van der Waals surface area contributed by atoms with Gasteiger partial charge in [-0.15, -0.1) is 0 Å². The summed E-state index contributed by atoms with van der Waals surface area (Å²) in [5.74, 6) is 0.372. The lowest BCUT2D eigenvalue weighted by molar-refractivity contribution is -0.114. The van der Waals surface area contributed by atoms with Crippen molar-refractivity contribution in [3.63, 3.8) is 0 Å². The number of carbonyl (C=O) groups is 2. The number of furan rings is 1. The van der Waals surface area contributed by atoms with Crippen molar-refractivity contribution in [2.75, 3.05) is 16.0 Å². The van der Waals surface area contributed by atoms with Crippen molar-refractivity contribution in [3.05, 3.63) is 72.4 Å². The van der Waals surface area contributed by atoms with E-state index in [-0.39, 0.29) is 11.8 Å². The van der Waals surface area contributed by atoms with Crippen LogP contribution in [0.15, 0.2) is 65.5 Å². The summed E-state index contributed by atoms with van der Waals surface area (Å²) in [6.07, 6.45) is 4.75. The molecule has 2 amide bonds. The molecule has 0 fully saturated rings. The van der Waals surface area contributed by atoms with Gasteiger partial charge in [0.25, 0.3) is 5.91 Å². The van der Waals surface area contributed by atoms with Gasteiger partial charge in [0.15, 0.2) is 0 Å². The molecular weight excluding hydrogens is 332 g/mol. The Morgan fingerprint density at radius 1 is 1.00 bits per heavy atom. The van der Waals surface area contributed by atoms with Crippen molar-refractivity contribution < 1.29 is 14.0 Å². The zero-order chi connectivity index (χ0) is 18.4. The molecule has 0 aliphatic heterocycles. The number of rotatable bonds is 6. The molecule has 0 radical (unpaired) electrons. The van der Waals surface area contributed by atoms with Gasteiger partial charge in [-0.05, 0) is 42.5 Å². The first-order valence-electron chi connectivity index (χ1n) is 8.00. The first-order valence-corrected chi connectivity index (χ1v) is 8.00. The van der Waals surface area contributed by atoms with E-state index in [1.807, 2.05) is 12.1 Å². The fourth-order valence-corrected chi connectivity index (χ4v) is 2.31. The van der Waals surface area contributed by atoms with Crippen LogP contribution in [0.1, 0.15) is 23.0 Å². The fourth-order valence-electron chi connectivity index (χ4n) is 2.31. The number of nitrogens with one attached hydrogen (secondary N) is 3. The SMILES string of the molecule is CC(=O)Nc1ccc(NC(=O)c2cncc(NCc3ccco3)c2)cc1. The maximum atomic E-state index is 12.4. The second-order valence-electron chi connectivity index (χ2n) is 5.61. The van der Waals surface area contributed by atoms with E-state index in [1.54, 1.807) is 42.8 Å². The van der Waals surface area contributed by atoms with Gasteiger partial charge in [0.2, 0.25) is 5.91 Å². The van der Waals surface area contributed by atoms with Crippen LogP contribution in [0, 0.1) is 0 Å². The van der Waals surface area contributed by atoms with Gasteiger partial charge in [-0.1, -0.05) is 0 Å². The Balaban J connectivity index is 1.62. The lowest BCUT2D eigenvalue weighted by atomic mass is 10.2. The van der Waals surface area contributed by atoms with Crippen LogP contribution in [0.3, 0.4) is 0 Å². The molecule has 26 heavy (non-hydrogen) atoms. The smallest absolute Gasteiger partial charge is 0.257 e. The molecule has 2 aromatic heterocycles. The number of pyridine rings is 1. The highest BCUT2D eigenvalue weighted by Gasteiger charge is 2.08. The van der Waals surface area contributed by atoms with E-state index in [2.05, 4.69) is 20.9 Å². The molecule has 0 aliphatic carbocycles. The quantitative estimate of drug-likeness (QED) is 0.632. The third kappa shape index (κ3) is 4.70. The summed E-state index contributed by atoms with van der Waals surface area (Å²) in [5, 5.41) is 8.63. The average molecular weight is 350 g/mol. The largest absolute Gasteiger partial charge is 0.467 e. The van der Waals surface area contributed by atoms with Gasteiger partial charge >= 0.3 is 0 Å². The minimum atomic E-state index is -0.272. The average Bonchev–Trinajstić information content (AvgIpc) is 3.15. The van der Waals surface area contributed by atoms with Crippen molar-refractivity contribution >= 4 is 28.9 Å². The number of aromatic nitrogens is 1. The summed E-state index contributed by atoms with van der Waals surface area (Å²) in [5.41, 5.74) is 2.44. The molecule has 3 aromatic rings. The van der Waals surface area contributed by atoms with Crippen LogP contribution < -0.4 is 16.0 Å². The van der Waals surface area contributed by atoms with Crippen LogP contribution in [0.4, 0.5) is 17.1 Å². The van der Waals surface area contributed by atoms with E-state index in [4.69, 9.17) is 4.42 Å². The molecule has 3 N–H and O–H groups in total. The summed E-state index contributed by atoms with van der Waals surface area (Å²) in [6.45, 7) is 1.94. The summed E-state index contributed by atoms with van der Waals surface area (Å²) >= 11 is 0. The third-order valence-corrected chi connectivity index (χ3v) is 3.51. The van der Waals surface area contributed by atoms with Crippen molar-refractivity contribution in [1.29, 1.82) is 0 Å². The lowest BCUT2D eigenvalue weighted by Crippen LogP contribution is -2.13. The van der Waals surface area contributed by atoms with E-state index in [9.17, 15) is 9.59 Å². The second-order valence-corrected chi connectivity index (χ2v) is 5.61. The van der Waals surface area contributed by atoms with Gasteiger partial charge in [0.05, 0.1) is 24.1 Å². The fraction of sp³-hybridized carbons (Fsp3) is 0.105. The molecule has 2 heterocycles. The number of hydrogen-bond donors (Lipinski definition) is 3. The molecule has 0 atom stereocenters. The Bertz CT molecular complexity index is 889. The van der Waals surface area contributed by atoms with Crippen LogP contribution in [-0.4, -0.2) is 16.8 Å². The van der Waals surface area contributed by atoms with E-state index in [0.29, 0.717) is 23.5 Å². The maximum Gasteiger partial charge on any atom is 0.257 e. The zero-order valence-corrected chi connectivity index (χ0v) is 14.2. The monoisotopic (exact) mass is 350 g/mol. The van der Waals surface area contributed by atoms with Crippen LogP contribution in [-0.2, 0) is 11.3 Å². The molecule has 0 spiro atoms. The second kappa shape index (κ2) is 7.98. The Kier molecular flexibility index (Phi) is 5.28. The molecule has 3 rings (SSSR count). The zero-order valence-electron chi connectivity index (χ0n) is 14.2. The molecule has 7 heteroatoms. The molecular formula is C19H18N4O3. The lowest BCUT2D eigenvalue weighted by Gasteiger charge is -2.09. The van der Waals surface area contributed by atoms with Crippen molar-refractivity contribution in [1.82, 2.24) is 4.98 Å². The Morgan fingerprint density at radius 2 is 1.73 bits per heavy atom. The Hall–Kier alpha value is -3.61. The molecule has 0 saturated heterocycles. The molecule has 0 bridgehead atoms. The predicted octanol–water partition coefficient (Wildman–Crippen LogP) is 3.50. The van der Waals surface area contributed by atoms with Crippen LogP contribution in [0.5, 0.6) is 0 Å². The van der Waals surface area contributed by atoms with Gasteiger partial charge in [-0.2, -0.15) is 0 Å². The Morgan fingerprint density at radius 3 is 2.38 bits per heavy atom. The van der Waals surface area contributed by atoms with Crippen molar-refractivity contribution in [2.45, 2.75) is 13.5 Å². The third-order valence-electron chi connectivity index (χ3n) is 3.51. The van der Waals surface area contributed by atoms with Crippen LogP contribution in [0.2, 0.25) is 0 Å². The van der Waals surface area contributed by atoms with Gasteiger partial charge in [0.1, 0.15) is 5.76 Å². The number of benzene rings is 1. The summed E-state index contributed by atoms with van der Waals surface area (Å²) in [6, 6.07) is 12.3. The standard InChI is InChI=1S/C19H18N4O3/c1-13(24)22-15-4-6-16(7-5-15)23-19(25)14-9-17(11-20-10-14)21-12-18-3-2-8-26-18/h2-11,21H,12H2,1H3,(H,22,24)(H,23,25).